The van der Waals surface area contributed by atoms with Crippen LogP contribution in [0, 0.1) is 5.92 Å². The zero-order valence-electron chi connectivity index (χ0n) is 20.4. The van der Waals surface area contributed by atoms with Gasteiger partial charge in [-0.2, -0.15) is 0 Å². The Bertz CT molecular complexity index is 984. The molecule has 7 heteroatoms. The predicted molar refractivity (Wildman–Crippen MR) is 131 cm³/mol. The third-order valence-electron chi connectivity index (χ3n) is 7.39. The molecule has 2 aromatic carbocycles. The molecule has 0 saturated carbocycles. The number of nitrogens with zero attached hydrogens (tertiary/aromatic N) is 2. The van der Waals surface area contributed by atoms with Crippen LogP contribution in [-0.2, 0) is 17.8 Å². The minimum absolute atomic E-state index is 0.0675. The number of likely N-dealkylation sites (tertiary alicyclic amines) is 1. The van der Waals surface area contributed by atoms with Crippen molar-refractivity contribution in [3.8, 4) is 11.5 Å². The zero-order chi connectivity index (χ0) is 24.1. The first-order valence-electron chi connectivity index (χ1n) is 12.1. The van der Waals surface area contributed by atoms with Crippen LogP contribution in [0.4, 0.5) is 4.79 Å². The van der Waals surface area contributed by atoms with Crippen LogP contribution in [0.3, 0.4) is 0 Å². The first-order valence-corrected chi connectivity index (χ1v) is 12.1. The number of hydrogen-bond donors (Lipinski definition) is 1. The van der Waals surface area contributed by atoms with Crippen LogP contribution in [0.1, 0.15) is 37.3 Å². The highest BCUT2D eigenvalue weighted by Gasteiger charge is 2.54. The van der Waals surface area contributed by atoms with E-state index in [1.54, 1.807) is 14.2 Å². The van der Waals surface area contributed by atoms with Crippen LogP contribution in [0.15, 0.2) is 48.5 Å². The normalized spacial score (nSPS) is 21.6. The SMILES string of the molecule is CCC1(C2CCN(Cc3ccc(OC)cc3)CC2)NC(=O)N(CCc2ccc(OC)cc2)C1=O. The van der Waals surface area contributed by atoms with E-state index in [0.717, 1.165) is 49.5 Å². The number of ether oxygens (including phenoxy) is 2. The van der Waals surface area contributed by atoms with Gasteiger partial charge in [-0.1, -0.05) is 31.2 Å². The summed E-state index contributed by atoms with van der Waals surface area (Å²) in [5.41, 5.74) is 1.53. The predicted octanol–water partition coefficient (Wildman–Crippen LogP) is 3.86. The molecular weight excluding hydrogens is 430 g/mol. The van der Waals surface area contributed by atoms with Crippen LogP contribution in [-0.4, -0.2) is 61.1 Å². The van der Waals surface area contributed by atoms with Gasteiger partial charge in [-0.15, -0.1) is 0 Å². The van der Waals surface area contributed by atoms with Crippen molar-refractivity contribution >= 4 is 11.9 Å². The molecule has 2 aliphatic heterocycles. The molecule has 0 radical (unpaired) electrons. The Balaban J connectivity index is 1.35. The Morgan fingerprint density at radius 3 is 2.00 bits per heavy atom. The van der Waals surface area contributed by atoms with Gasteiger partial charge in [0.1, 0.15) is 17.0 Å². The Hall–Kier alpha value is -3.06. The lowest BCUT2D eigenvalue weighted by atomic mass is 9.75. The lowest BCUT2D eigenvalue weighted by Crippen LogP contribution is -2.55. The number of amides is 3. The van der Waals surface area contributed by atoms with E-state index in [1.807, 2.05) is 43.3 Å². The van der Waals surface area contributed by atoms with Gasteiger partial charge in [0.15, 0.2) is 0 Å². The van der Waals surface area contributed by atoms with Crippen molar-refractivity contribution in [3.05, 3.63) is 59.7 Å². The first kappa shape index (κ1) is 24.1. The van der Waals surface area contributed by atoms with E-state index in [-0.39, 0.29) is 17.9 Å². The fraction of sp³-hybridized carbons (Fsp3) is 0.481. The van der Waals surface area contributed by atoms with Crippen molar-refractivity contribution in [1.29, 1.82) is 0 Å². The van der Waals surface area contributed by atoms with E-state index >= 15 is 0 Å². The highest BCUT2D eigenvalue weighted by molar-refractivity contribution is 6.07. The van der Waals surface area contributed by atoms with Crippen LogP contribution in [0.25, 0.3) is 0 Å². The van der Waals surface area contributed by atoms with Gasteiger partial charge in [-0.3, -0.25) is 14.6 Å². The summed E-state index contributed by atoms with van der Waals surface area (Å²) < 4.78 is 10.4. The fourth-order valence-corrected chi connectivity index (χ4v) is 5.26. The van der Waals surface area contributed by atoms with E-state index in [1.165, 1.54) is 10.5 Å². The topological polar surface area (TPSA) is 71.1 Å². The largest absolute Gasteiger partial charge is 0.497 e. The average Bonchev–Trinajstić information content (AvgIpc) is 3.13. The third-order valence-corrected chi connectivity index (χ3v) is 7.39. The second-order valence-electron chi connectivity index (χ2n) is 9.21. The van der Waals surface area contributed by atoms with Crippen molar-refractivity contribution in [2.24, 2.45) is 5.92 Å². The molecule has 34 heavy (non-hydrogen) atoms. The van der Waals surface area contributed by atoms with Crippen LogP contribution in [0.2, 0.25) is 0 Å². The molecule has 2 heterocycles. The first-order chi connectivity index (χ1) is 16.5. The maximum Gasteiger partial charge on any atom is 0.325 e. The van der Waals surface area contributed by atoms with Crippen molar-refractivity contribution < 1.29 is 19.1 Å². The molecule has 1 unspecified atom stereocenters. The molecule has 1 atom stereocenters. The van der Waals surface area contributed by atoms with Crippen molar-refractivity contribution in [1.82, 2.24) is 15.1 Å². The van der Waals surface area contributed by atoms with Gasteiger partial charge in [0.2, 0.25) is 0 Å². The van der Waals surface area contributed by atoms with E-state index in [9.17, 15) is 9.59 Å². The lowest BCUT2D eigenvalue weighted by Gasteiger charge is -2.40. The summed E-state index contributed by atoms with van der Waals surface area (Å²) in [7, 11) is 3.31. The number of imide groups is 1. The summed E-state index contributed by atoms with van der Waals surface area (Å²) in [4.78, 5) is 30.2. The summed E-state index contributed by atoms with van der Waals surface area (Å²) >= 11 is 0. The molecule has 3 amide bonds. The van der Waals surface area contributed by atoms with E-state index in [2.05, 4.69) is 22.3 Å². The highest BCUT2D eigenvalue weighted by atomic mass is 16.5. The number of nitrogens with one attached hydrogen (secondary N) is 1. The monoisotopic (exact) mass is 465 g/mol. The number of urea groups is 1. The standard InChI is InChI=1S/C27H35N3O4/c1-4-27(22-14-16-29(17-15-22)19-21-7-11-24(34-3)12-8-21)25(31)30(26(32)28-27)18-13-20-5-9-23(33-2)10-6-20/h5-12,22H,4,13-19H2,1-3H3,(H,28,32). The Morgan fingerprint density at radius 2 is 1.47 bits per heavy atom. The molecule has 0 aromatic heterocycles. The summed E-state index contributed by atoms with van der Waals surface area (Å²) in [5, 5.41) is 3.10. The number of methoxy groups -OCH3 is 2. The molecule has 2 saturated heterocycles. The molecular formula is C27H35N3O4. The number of carbonyl (C=O) groups is 2. The van der Waals surface area contributed by atoms with Crippen LogP contribution in [0.5, 0.6) is 11.5 Å². The van der Waals surface area contributed by atoms with E-state index in [0.29, 0.717) is 19.4 Å². The summed E-state index contributed by atoms with van der Waals surface area (Å²) in [5.74, 6) is 1.73. The van der Waals surface area contributed by atoms with E-state index in [4.69, 9.17) is 9.47 Å². The third kappa shape index (κ3) is 4.89. The molecule has 182 valence electrons. The molecule has 2 fully saturated rings. The Morgan fingerprint density at radius 1 is 0.912 bits per heavy atom. The average molecular weight is 466 g/mol. The van der Waals surface area contributed by atoms with Crippen molar-refractivity contribution in [3.63, 3.8) is 0 Å². The molecule has 2 aliphatic rings. The van der Waals surface area contributed by atoms with Gasteiger partial charge < -0.3 is 14.8 Å². The molecule has 0 spiro atoms. The molecule has 2 aromatic rings. The number of rotatable bonds is 9. The second-order valence-corrected chi connectivity index (χ2v) is 9.21. The fourth-order valence-electron chi connectivity index (χ4n) is 5.26. The van der Waals surface area contributed by atoms with E-state index < -0.39 is 5.54 Å². The minimum Gasteiger partial charge on any atom is -0.497 e. The van der Waals surface area contributed by atoms with Gasteiger partial charge in [0.05, 0.1) is 14.2 Å². The molecule has 4 rings (SSSR count). The smallest absolute Gasteiger partial charge is 0.325 e. The second kappa shape index (κ2) is 10.5. The molecule has 1 N–H and O–H groups in total. The molecule has 0 aliphatic carbocycles. The van der Waals surface area contributed by atoms with Gasteiger partial charge in [-0.25, -0.2) is 4.79 Å². The Kier molecular flexibility index (Phi) is 7.41. The number of hydrogen-bond acceptors (Lipinski definition) is 5. The zero-order valence-corrected chi connectivity index (χ0v) is 20.4. The minimum atomic E-state index is -0.788. The summed E-state index contributed by atoms with van der Waals surface area (Å²) in [6, 6.07) is 15.7. The maximum absolute atomic E-state index is 13.5. The van der Waals surface area contributed by atoms with Crippen molar-refractivity contribution in [2.45, 2.75) is 44.7 Å². The van der Waals surface area contributed by atoms with Gasteiger partial charge in [0, 0.05) is 13.1 Å². The molecule has 0 bridgehead atoms. The van der Waals surface area contributed by atoms with Crippen LogP contribution >= 0.6 is 0 Å². The maximum atomic E-state index is 13.5. The van der Waals surface area contributed by atoms with Crippen molar-refractivity contribution in [2.75, 3.05) is 33.9 Å². The number of benzene rings is 2. The van der Waals surface area contributed by atoms with Crippen LogP contribution < -0.4 is 14.8 Å². The number of piperidine rings is 1. The van der Waals surface area contributed by atoms with Gasteiger partial charge >= 0.3 is 6.03 Å². The van der Waals surface area contributed by atoms with Gasteiger partial charge in [0.25, 0.3) is 5.91 Å². The Labute approximate surface area is 202 Å². The number of carbonyl (C=O) groups excluding carboxylic acids is 2. The highest BCUT2D eigenvalue weighted by Crippen LogP contribution is 2.36. The quantitative estimate of drug-likeness (QED) is 0.570. The summed E-state index contributed by atoms with van der Waals surface area (Å²) in [6.45, 7) is 5.09. The summed E-state index contributed by atoms with van der Waals surface area (Å²) in [6.07, 6.45) is 3.02. The van der Waals surface area contributed by atoms with Gasteiger partial charge in [-0.05, 0) is 80.1 Å². The lowest BCUT2D eigenvalue weighted by molar-refractivity contribution is -0.134. The molecule has 7 nitrogen and oxygen atoms in total.